The summed E-state index contributed by atoms with van der Waals surface area (Å²) in [4.78, 5) is 10.6. The Morgan fingerprint density at radius 1 is 1.80 bits per heavy atom. The Hall–Kier alpha value is -1.17. The molecule has 0 spiro atoms. The maximum Gasteiger partial charge on any atom is 0.408 e. The third kappa shape index (κ3) is 4.98. The zero-order valence-electron chi connectivity index (χ0n) is 6.18. The number of nitrogens with one attached hydrogen (secondary N) is 1. The topological polar surface area (TPSA) is 38.3 Å². The van der Waals surface area contributed by atoms with Crippen LogP contribution in [0.15, 0.2) is 0 Å². The number of carbonyl (C=O) groups is 1. The van der Waals surface area contributed by atoms with Crippen molar-refractivity contribution in [2.75, 3.05) is 6.54 Å². The van der Waals surface area contributed by atoms with Crippen LogP contribution in [0.1, 0.15) is 13.8 Å². The Bertz CT molecular complexity index is 146. The van der Waals surface area contributed by atoms with Gasteiger partial charge in [0.15, 0.2) is 0 Å². The van der Waals surface area contributed by atoms with Crippen LogP contribution in [0.2, 0.25) is 0 Å². The Kier molecular flexibility index (Phi) is 4.14. The number of hydrogen-bond donors (Lipinski definition) is 1. The predicted molar refractivity (Wildman–Crippen MR) is 38.5 cm³/mol. The summed E-state index contributed by atoms with van der Waals surface area (Å²) in [5.74, 6) is 2.26. The summed E-state index contributed by atoms with van der Waals surface area (Å²) < 4.78 is 4.71. The lowest BCUT2D eigenvalue weighted by atomic mass is 10.5. The fourth-order valence-electron chi connectivity index (χ4n) is 0.379. The summed E-state index contributed by atoms with van der Waals surface area (Å²) >= 11 is 0. The van der Waals surface area contributed by atoms with E-state index in [1.54, 1.807) is 13.8 Å². The lowest BCUT2D eigenvalue weighted by Crippen LogP contribution is -2.26. The molecule has 0 aromatic carbocycles. The molecule has 10 heavy (non-hydrogen) atoms. The number of alkyl carbamates (subject to hydrolysis) is 1. The van der Waals surface area contributed by atoms with Gasteiger partial charge in [0, 0.05) is 0 Å². The van der Waals surface area contributed by atoms with E-state index in [2.05, 4.69) is 11.2 Å². The molecule has 0 fully saturated rings. The second-order valence-electron chi connectivity index (χ2n) is 2.01. The van der Waals surface area contributed by atoms with Gasteiger partial charge in [-0.15, -0.1) is 6.42 Å². The summed E-state index contributed by atoms with van der Waals surface area (Å²) in [5.41, 5.74) is 0. The highest BCUT2D eigenvalue weighted by atomic mass is 16.6. The van der Waals surface area contributed by atoms with Gasteiger partial charge in [0.1, 0.15) is 0 Å². The molecule has 0 saturated carbocycles. The summed E-state index contributed by atoms with van der Waals surface area (Å²) in [6.07, 6.45) is 4.32. The standard InChI is InChI=1S/C7H11NO2/c1-4-5-8-7(9)10-6(2)3/h1,6H,5H2,2-3H3,(H,8,9). The first kappa shape index (κ1) is 8.83. The van der Waals surface area contributed by atoms with Crippen LogP contribution in [0.5, 0.6) is 0 Å². The van der Waals surface area contributed by atoms with Gasteiger partial charge in [0.25, 0.3) is 0 Å². The second-order valence-corrected chi connectivity index (χ2v) is 2.01. The van der Waals surface area contributed by atoms with E-state index in [4.69, 9.17) is 11.2 Å². The predicted octanol–water partition coefficient (Wildman–Crippen LogP) is 0.754. The molecule has 0 rings (SSSR count). The summed E-state index contributed by atoms with van der Waals surface area (Å²) in [7, 11) is 0. The van der Waals surface area contributed by atoms with Crippen LogP contribution in [0.4, 0.5) is 4.79 Å². The van der Waals surface area contributed by atoms with E-state index < -0.39 is 6.09 Å². The lowest BCUT2D eigenvalue weighted by molar-refractivity contribution is 0.117. The molecule has 1 amide bonds. The molecule has 0 saturated heterocycles. The highest BCUT2D eigenvalue weighted by molar-refractivity contribution is 5.67. The van der Waals surface area contributed by atoms with Crippen molar-refractivity contribution in [2.45, 2.75) is 20.0 Å². The fraction of sp³-hybridized carbons (Fsp3) is 0.571. The van der Waals surface area contributed by atoms with Crippen LogP contribution in [0.3, 0.4) is 0 Å². The van der Waals surface area contributed by atoms with E-state index in [1.807, 2.05) is 0 Å². The van der Waals surface area contributed by atoms with Crippen LogP contribution in [-0.2, 0) is 4.74 Å². The highest BCUT2D eigenvalue weighted by Crippen LogP contribution is 1.86. The third-order valence-electron chi connectivity index (χ3n) is 0.678. The highest BCUT2D eigenvalue weighted by Gasteiger charge is 2.00. The molecule has 0 aliphatic carbocycles. The van der Waals surface area contributed by atoms with Crippen molar-refractivity contribution in [1.29, 1.82) is 0 Å². The minimum atomic E-state index is -0.465. The van der Waals surface area contributed by atoms with E-state index in [-0.39, 0.29) is 12.6 Å². The van der Waals surface area contributed by atoms with Crippen LogP contribution in [-0.4, -0.2) is 18.7 Å². The quantitative estimate of drug-likeness (QED) is 0.576. The molecule has 0 unspecified atom stereocenters. The number of rotatable bonds is 2. The van der Waals surface area contributed by atoms with Gasteiger partial charge in [0.2, 0.25) is 0 Å². The van der Waals surface area contributed by atoms with Gasteiger partial charge >= 0.3 is 6.09 Å². The zero-order valence-corrected chi connectivity index (χ0v) is 6.18. The van der Waals surface area contributed by atoms with Gasteiger partial charge in [-0.25, -0.2) is 4.79 Å². The molecule has 0 aromatic rings. The van der Waals surface area contributed by atoms with E-state index in [0.717, 1.165) is 0 Å². The second kappa shape index (κ2) is 4.68. The first-order chi connectivity index (χ1) is 4.66. The van der Waals surface area contributed by atoms with Gasteiger partial charge in [-0.2, -0.15) is 0 Å². The molecule has 0 radical (unpaired) electrons. The molecule has 0 bridgehead atoms. The SMILES string of the molecule is C#CCNC(=O)OC(C)C. The lowest BCUT2D eigenvalue weighted by Gasteiger charge is -2.06. The van der Waals surface area contributed by atoms with Crippen molar-refractivity contribution >= 4 is 6.09 Å². The summed E-state index contributed by atoms with van der Waals surface area (Å²) in [6.45, 7) is 3.76. The molecular formula is C7H11NO2. The van der Waals surface area contributed by atoms with Crippen molar-refractivity contribution < 1.29 is 9.53 Å². The normalized spacial score (nSPS) is 8.60. The Labute approximate surface area is 60.8 Å². The average molecular weight is 141 g/mol. The van der Waals surface area contributed by atoms with Crippen molar-refractivity contribution in [3.05, 3.63) is 0 Å². The fourth-order valence-corrected chi connectivity index (χ4v) is 0.379. The molecule has 0 atom stereocenters. The molecule has 0 aliphatic rings. The molecule has 0 aliphatic heterocycles. The third-order valence-corrected chi connectivity index (χ3v) is 0.678. The van der Waals surface area contributed by atoms with E-state index >= 15 is 0 Å². The Morgan fingerprint density at radius 3 is 2.80 bits per heavy atom. The van der Waals surface area contributed by atoms with Crippen LogP contribution < -0.4 is 5.32 Å². The number of carbonyl (C=O) groups excluding carboxylic acids is 1. The average Bonchev–Trinajstić information content (AvgIpc) is 1.82. The Morgan fingerprint density at radius 2 is 2.40 bits per heavy atom. The van der Waals surface area contributed by atoms with Crippen molar-refractivity contribution in [3.8, 4) is 12.3 Å². The molecule has 1 N–H and O–H groups in total. The maximum atomic E-state index is 10.6. The minimum absolute atomic E-state index is 0.0993. The molecule has 3 nitrogen and oxygen atoms in total. The Balaban J connectivity index is 3.37. The van der Waals surface area contributed by atoms with Crippen LogP contribution in [0, 0.1) is 12.3 Å². The first-order valence-electron chi connectivity index (χ1n) is 3.04. The smallest absolute Gasteiger partial charge is 0.408 e. The maximum absolute atomic E-state index is 10.6. The van der Waals surface area contributed by atoms with Gasteiger partial charge in [-0.3, -0.25) is 0 Å². The van der Waals surface area contributed by atoms with Gasteiger partial charge < -0.3 is 10.1 Å². The van der Waals surface area contributed by atoms with Crippen molar-refractivity contribution in [1.82, 2.24) is 5.32 Å². The van der Waals surface area contributed by atoms with Gasteiger partial charge in [-0.1, -0.05) is 5.92 Å². The van der Waals surface area contributed by atoms with E-state index in [9.17, 15) is 4.79 Å². The van der Waals surface area contributed by atoms with Crippen molar-refractivity contribution in [3.63, 3.8) is 0 Å². The number of terminal acetylenes is 1. The molecule has 0 aromatic heterocycles. The van der Waals surface area contributed by atoms with Gasteiger partial charge in [-0.05, 0) is 13.8 Å². The monoisotopic (exact) mass is 141 g/mol. The number of amides is 1. The van der Waals surface area contributed by atoms with Gasteiger partial charge in [0.05, 0.1) is 12.6 Å². The molecule has 3 heteroatoms. The van der Waals surface area contributed by atoms with E-state index in [0.29, 0.717) is 0 Å². The number of hydrogen-bond acceptors (Lipinski definition) is 2. The largest absolute Gasteiger partial charge is 0.447 e. The summed E-state index contributed by atoms with van der Waals surface area (Å²) in [6, 6.07) is 0. The summed E-state index contributed by atoms with van der Waals surface area (Å²) in [5, 5.41) is 2.37. The zero-order chi connectivity index (χ0) is 7.98. The minimum Gasteiger partial charge on any atom is -0.447 e. The van der Waals surface area contributed by atoms with Crippen LogP contribution in [0.25, 0.3) is 0 Å². The van der Waals surface area contributed by atoms with E-state index in [1.165, 1.54) is 0 Å². The molecule has 0 heterocycles. The van der Waals surface area contributed by atoms with Crippen molar-refractivity contribution in [2.24, 2.45) is 0 Å². The molecule has 56 valence electrons. The number of ether oxygens (including phenoxy) is 1. The molecular weight excluding hydrogens is 130 g/mol. The first-order valence-corrected chi connectivity index (χ1v) is 3.04. The van der Waals surface area contributed by atoms with Crippen LogP contribution >= 0.6 is 0 Å².